The minimum Gasteiger partial charge on any atom is -0.496 e. The van der Waals surface area contributed by atoms with E-state index in [4.69, 9.17) is 4.74 Å². The van der Waals surface area contributed by atoms with Gasteiger partial charge in [-0.15, -0.1) is 0 Å². The van der Waals surface area contributed by atoms with Gasteiger partial charge in [-0.3, -0.25) is 0 Å². The van der Waals surface area contributed by atoms with E-state index in [2.05, 4.69) is 4.98 Å². The summed E-state index contributed by atoms with van der Waals surface area (Å²) in [6.07, 6.45) is 1.84. The smallest absolute Gasteiger partial charge is 0.122 e. The second kappa shape index (κ2) is 5.97. The van der Waals surface area contributed by atoms with Crippen LogP contribution in [-0.2, 0) is 13.0 Å². The Balaban J connectivity index is 1.76. The van der Waals surface area contributed by atoms with E-state index < -0.39 is 6.10 Å². The molecule has 0 aliphatic rings. The van der Waals surface area contributed by atoms with Gasteiger partial charge in [0.25, 0.3) is 0 Å². The van der Waals surface area contributed by atoms with E-state index in [1.165, 1.54) is 0 Å². The number of rotatable bonds is 5. The van der Waals surface area contributed by atoms with E-state index in [9.17, 15) is 5.11 Å². The molecular formula is C17H18N2O2. The fourth-order valence-electron chi connectivity index (χ4n) is 2.57. The van der Waals surface area contributed by atoms with Crippen molar-refractivity contribution in [3.8, 4) is 5.75 Å². The van der Waals surface area contributed by atoms with Crippen LogP contribution in [0.3, 0.4) is 0 Å². The van der Waals surface area contributed by atoms with Crippen LogP contribution in [0.1, 0.15) is 5.56 Å². The summed E-state index contributed by atoms with van der Waals surface area (Å²) in [5.41, 5.74) is 3.00. The molecule has 0 saturated heterocycles. The molecule has 0 aliphatic carbocycles. The number of nitrogens with zero attached hydrogens (tertiary/aromatic N) is 2. The van der Waals surface area contributed by atoms with Gasteiger partial charge in [0.05, 0.1) is 37.1 Å². The van der Waals surface area contributed by atoms with Gasteiger partial charge >= 0.3 is 0 Å². The highest BCUT2D eigenvalue weighted by Crippen LogP contribution is 2.20. The first-order chi connectivity index (χ1) is 10.3. The van der Waals surface area contributed by atoms with Gasteiger partial charge in [0, 0.05) is 6.42 Å². The number of benzene rings is 2. The Morgan fingerprint density at radius 1 is 1.14 bits per heavy atom. The number of imidazole rings is 1. The predicted molar refractivity (Wildman–Crippen MR) is 82.4 cm³/mol. The Hall–Kier alpha value is -2.33. The molecule has 1 N–H and O–H groups in total. The summed E-state index contributed by atoms with van der Waals surface area (Å²) < 4.78 is 7.30. The van der Waals surface area contributed by atoms with Crippen molar-refractivity contribution in [2.45, 2.75) is 19.1 Å². The molecule has 0 spiro atoms. The lowest BCUT2D eigenvalue weighted by Gasteiger charge is -2.14. The average Bonchev–Trinajstić information content (AvgIpc) is 2.91. The highest BCUT2D eigenvalue weighted by molar-refractivity contribution is 5.74. The predicted octanol–water partition coefficient (Wildman–Crippen LogP) is 2.65. The lowest BCUT2D eigenvalue weighted by Crippen LogP contribution is -2.18. The standard InChI is InChI=1S/C17H18N2O2/c1-21-17-9-5-2-6-13(17)10-14(20)11-19-12-18-15-7-3-4-8-16(15)19/h2-9,12,14,20H,10-11H2,1H3. The number of ether oxygens (including phenoxy) is 1. The minimum atomic E-state index is -0.487. The Labute approximate surface area is 123 Å². The zero-order chi connectivity index (χ0) is 14.7. The monoisotopic (exact) mass is 282 g/mol. The fraction of sp³-hybridized carbons (Fsp3) is 0.235. The second-order valence-corrected chi connectivity index (χ2v) is 5.06. The lowest BCUT2D eigenvalue weighted by atomic mass is 10.1. The van der Waals surface area contributed by atoms with Crippen LogP contribution >= 0.6 is 0 Å². The molecule has 3 rings (SSSR count). The van der Waals surface area contributed by atoms with Gasteiger partial charge in [-0.25, -0.2) is 4.98 Å². The van der Waals surface area contributed by atoms with Gasteiger partial charge < -0.3 is 14.4 Å². The number of hydrogen-bond acceptors (Lipinski definition) is 3. The summed E-state index contributed by atoms with van der Waals surface area (Å²) in [5.74, 6) is 0.812. The molecule has 0 amide bonds. The van der Waals surface area contributed by atoms with E-state index in [1.54, 1.807) is 13.4 Å². The fourth-order valence-corrected chi connectivity index (χ4v) is 2.57. The van der Waals surface area contributed by atoms with Crippen LogP contribution in [0.2, 0.25) is 0 Å². The number of para-hydroxylation sites is 3. The Morgan fingerprint density at radius 2 is 1.90 bits per heavy atom. The van der Waals surface area contributed by atoms with Crippen molar-refractivity contribution >= 4 is 11.0 Å². The van der Waals surface area contributed by atoms with E-state index in [0.29, 0.717) is 13.0 Å². The highest BCUT2D eigenvalue weighted by Gasteiger charge is 2.11. The molecule has 0 bridgehead atoms. The Kier molecular flexibility index (Phi) is 3.88. The van der Waals surface area contributed by atoms with Gasteiger partial charge in [-0.1, -0.05) is 30.3 Å². The van der Waals surface area contributed by atoms with Gasteiger partial charge in [0.1, 0.15) is 5.75 Å². The molecule has 21 heavy (non-hydrogen) atoms. The average molecular weight is 282 g/mol. The lowest BCUT2D eigenvalue weighted by molar-refractivity contribution is 0.154. The van der Waals surface area contributed by atoms with Crippen LogP contribution in [0, 0.1) is 0 Å². The van der Waals surface area contributed by atoms with Crippen LogP contribution < -0.4 is 4.74 Å². The molecule has 0 radical (unpaired) electrons. The highest BCUT2D eigenvalue weighted by atomic mass is 16.5. The molecule has 4 heteroatoms. The van der Waals surface area contributed by atoms with Crippen molar-refractivity contribution < 1.29 is 9.84 Å². The normalized spacial score (nSPS) is 12.5. The largest absolute Gasteiger partial charge is 0.496 e. The van der Waals surface area contributed by atoms with Crippen LogP contribution in [0.5, 0.6) is 5.75 Å². The summed E-state index contributed by atoms with van der Waals surface area (Å²) in [6, 6.07) is 15.7. The van der Waals surface area contributed by atoms with Crippen molar-refractivity contribution in [3.63, 3.8) is 0 Å². The van der Waals surface area contributed by atoms with Crippen molar-refractivity contribution in [2.24, 2.45) is 0 Å². The number of fused-ring (bicyclic) bond motifs is 1. The molecule has 2 aromatic carbocycles. The van der Waals surface area contributed by atoms with Crippen molar-refractivity contribution in [1.29, 1.82) is 0 Å². The third-order valence-electron chi connectivity index (χ3n) is 3.58. The number of aromatic nitrogens is 2. The summed E-state index contributed by atoms with van der Waals surface area (Å²) in [6.45, 7) is 0.512. The van der Waals surface area contributed by atoms with Crippen LogP contribution in [0.15, 0.2) is 54.9 Å². The van der Waals surface area contributed by atoms with Gasteiger partial charge in [-0.05, 0) is 23.8 Å². The van der Waals surface area contributed by atoms with Gasteiger partial charge in [0.2, 0.25) is 0 Å². The van der Waals surface area contributed by atoms with E-state index in [1.807, 2.05) is 53.1 Å². The summed E-state index contributed by atoms with van der Waals surface area (Å²) in [4.78, 5) is 4.34. The number of aliphatic hydroxyl groups is 1. The van der Waals surface area contributed by atoms with Crippen molar-refractivity contribution in [1.82, 2.24) is 9.55 Å². The Bertz CT molecular complexity index is 736. The molecule has 108 valence electrons. The molecule has 0 saturated carbocycles. The van der Waals surface area contributed by atoms with Gasteiger partial charge in [-0.2, -0.15) is 0 Å². The molecule has 1 aromatic heterocycles. The first kappa shape index (κ1) is 13.6. The van der Waals surface area contributed by atoms with Crippen LogP contribution in [0.25, 0.3) is 11.0 Å². The van der Waals surface area contributed by atoms with E-state index >= 15 is 0 Å². The maximum Gasteiger partial charge on any atom is 0.122 e. The van der Waals surface area contributed by atoms with Gasteiger partial charge in [0.15, 0.2) is 0 Å². The van der Waals surface area contributed by atoms with E-state index in [0.717, 1.165) is 22.3 Å². The molecule has 1 unspecified atom stereocenters. The Morgan fingerprint density at radius 3 is 2.76 bits per heavy atom. The summed E-state index contributed by atoms with van der Waals surface area (Å²) in [7, 11) is 1.65. The van der Waals surface area contributed by atoms with Crippen LogP contribution in [-0.4, -0.2) is 27.9 Å². The quantitative estimate of drug-likeness (QED) is 0.782. The molecular weight excluding hydrogens is 264 g/mol. The zero-order valence-electron chi connectivity index (χ0n) is 11.9. The zero-order valence-corrected chi connectivity index (χ0v) is 11.9. The van der Waals surface area contributed by atoms with E-state index in [-0.39, 0.29) is 0 Å². The minimum absolute atomic E-state index is 0.487. The van der Waals surface area contributed by atoms with Crippen molar-refractivity contribution in [3.05, 3.63) is 60.4 Å². The maximum atomic E-state index is 10.3. The second-order valence-electron chi connectivity index (χ2n) is 5.06. The number of aliphatic hydroxyl groups excluding tert-OH is 1. The molecule has 4 nitrogen and oxygen atoms in total. The third kappa shape index (κ3) is 2.90. The molecule has 3 aromatic rings. The first-order valence-electron chi connectivity index (χ1n) is 6.98. The molecule has 1 atom stereocenters. The molecule has 0 fully saturated rings. The maximum absolute atomic E-state index is 10.3. The number of methoxy groups -OCH3 is 1. The SMILES string of the molecule is COc1ccccc1CC(O)Cn1cnc2ccccc21. The van der Waals surface area contributed by atoms with Crippen molar-refractivity contribution in [2.75, 3.05) is 7.11 Å². The molecule has 0 aliphatic heterocycles. The summed E-state index contributed by atoms with van der Waals surface area (Å²) >= 11 is 0. The molecule has 1 heterocycles. The number of hydrogen-bond donors (Lipinski definition) is 1. The summed E-state index contributed by atoms with van der Waals surface area (Å²) in [5, 5.41) is 10.3. The van der Waals surface area contributed by atoms with Crippen LogP contribution in [0.4, 0.5) is 0 Å². The first-order valence-corrected chi connectivity index (χ1v) is 6.98. The topological polar surface area (TPSA) is 47.3 Å². The third-order valence-corrected chi connectivity index (χ3v) is 3.58.